The standard InChI is InChI=1S/C5H2BrClN4/c6-3-1-11-5(4(7)10-3)8-2-9-11/h1-2H. The van der Waals surface area contributed by atoms with E-state index in [2.05, 4.69) is 31.0 Å². The molecule has 0 N–H and O–H groups in total. The maximum atomic E-state index is 5.74. The molecule has 0 unspecified atom stereocenters. The van der Waals surface area contributed by atoms with E-state index in [1.54, 1.807) is 10.7 Å². The summed E-state index contributed by atoms with van der Waals surface area (Å²) in [6.07, 6.45) is 3.11. The van der Waals surface area contributed by atoms with Crippen LogP contribution in [0.1, 0.15) is 0 Å². The Labute approximate surface area is 75.3 Å². The van der Waals surface area contributed by atoms with Crippen molar-refractivity contribution in [3.63, 3.8) is 0 Å². The maximum absolute atomic E-state index is 5.74. The van der Waals surface area contributed by atoms with E-state index in [9.17, 15) is 0 Å². The first-order chi connectivity index (χ1) is 5.27. The lowest BCUT2D eigenvalue weighted by Crippen LogP contribution is -1.90. The van der Waals surface area contributed by atoms with Crippen LogP contribution in [0.15, 0.2) is 17.1 Å². The molecule has 2 aromatic heterocycles. The van der Waals surface area contributed by atoms with Crippen LogP contribution >= 0.6 is 27.5 Å². The number of rotatable bonds is 0. The van der Waals surface area contributed by atoms with Gasteiger partial charge in [-0.15, -0.1) is 0 Å². The Kier molecular flexibility index (Phi) is 1.54. The molecule has 0 spiro atoms. The van der Waals surface area contributed by atoms with E-state index in [1.165, 1.54) is 6.33 Å². The van der Waals surface area contributed by atoms with Crippen LogP contribution in [0.2, 0.25) is 5.15 Å². The van der Waals surface area contributed by atoms with Crippen LogP contribution in [0.5, 0.6) is 0 Å². The molecule has 4 nitrogen and oxygen atoms in total. The minimum Gasteiger partial charge on any atom is -0.224 e. The number of halogens is 2. The van der Waals surface area contributed by atoms with Gasteiger partial charge in [0.1, 0.15) is 10.9 Å². The average molecular weight is 233 g/mol. The normalized spacial score (nSPS) is 10.7. The minimum atomic E-state index is 0.344. The predicted molar refractivity (Wildman–Crippen MR) is 43.5 cm³/mol. The highest BCUT2D eigenvalue weighted by atomic mass is 79.9. The minimum absolute atomic E-state index is 0.344. The second kappa shape index (κ2) is 2.42. The van der Waals surface area contributed by atoms with Gasteiger partial charge in [-0.05, 0) is 15.9 Å². The summed E-state index contributed by atoms with van der Waals surface area (Å²) in [6.45, 7) is 0. The van der Waals surface area contributed by atoms with Gasteiger partial charge < -0.3 is 0 Å². The van der Waals surface area contributed by atoms with Gasteiger partial charge in [0.15, 0.2) is 10.8 Å². The van der Waals surface area contributed by atoms with Crippen molar-refractivity contribution in [2.45, 2.75) is 0 Å². The van der Waals surface area contributed by atoms with E-state index in [0.29, 0.717) is 15.4 Å². The highest BCUT2D eigenvalue weighted by Crippen LogP contribution is 2.14. The molecule has 0 aliphatic heterocycles. The summed E-state index contributed by atoms with van der Waals surface area (Å²) in [7, 11) is 0. The van der Waals surface area contributed by atoms with Crippen molar-refractivity contribution in [1.29, 1.82) is 0 Å². The molecule has 6 heteroatoms. The number of aromatic nitrogens is 4. The van der Waals surface area contributed by atoms with Crippen molar-refractivity contribution in [3.05, 3.63) is 22.3 Å². The van der Waals surface area contributed by atoms with Gasteiger partial charge in [0, 0.05) is 0 Å². The number of fused-ring (bicyclic) bond motifs is 1. The van der Waals surface area contributed by atoms with E-state index in [0.717, 1.165) is 0 Å². The molecule has 0 aliphatic rings. The molecule has 2 heterocycles. The molecule has 0 aliphatic carbocycles. The van der Waals surface area contributed by atoms with Crippen LogP contribution in [0.3, 0.4) is 0 Å². The predicted octanol–water partition coefficient (Wildman–Crippen LogP) is 1.54. The lowest BCUT2D eigenvalue weighted by atomic mass is 10.7. The number of hydrogen-bond donors (Lipinski definition) is 0. The third kappa shape index (κ3) is 1.10. The van der Waals surface area contributed by atoms with E-state index in [-0.39, 0.29) is 0 Å². The Bertz CT molecular complexity index is 398. The summed E-state index contributed by atoms with van der Waals surface area (Å²) in [5.41, 5.74) is 0.565. The SMILES string of the molecule is Clc1nc(Br)cn2ncnc12. The fourth-order valence-electron chi connectivity index (χ4n) is 0.766. The highest BCUT2D eigenvalue weighted by molar-refractivity contribution is 9.10. The second-order valence-corrected chi connectivity index (χ2v) is 3.05. The Morgan fingerprint density at radius 2 is 2.36 bits per heavy atom. The van der Waals surface area contributed by atoms with Crippen LogP contribution in [0.4, 0.5) is 0 Å². The van der Waals surface area contributed by atoms with Crippen molar-refractivity contribution in [2.24, 2.45) is 0 Å². The van der Waals surface area contributed by atoms with Crippen molar-refractivity contribution >= 4 is 33.2 Å². The van der Waals surface area contributed by atoms with Gasteiger partial charge in [-0.2, -0.15) is 5.10 Å². The summed E-state index contributed by atoms with van der Waals surface area (Å²) in [5, 5.41) is 4.24. The third-order valence-corrected chi connectivity index (χ3v) is 1.83. The molecule has 0 radical (unpaired) electrons. The lowest BCUT2D eigenvalue weighted by Gasteiger charge is -1.93. The largest absolute Gasteiger partial charge is 0.224 e. The molecule has 0 saturated heterocycles. The Hall–Kier alpha value is -0.680. The van der Waals surface area contributed by atoms with Crippen LogP contribution in [-0.4, -0.2) is 19.6 Å². The van der Waals surface area contributed by atoms with Gasteiger partial charge in [-0.3, -0.25) is 0 Å². The first-order valence-corrected chi connectivity index (χ1v) is 3.96. The number of hydrogen-bond acceptors (Lipinski definition) is 3. The maximum Gasteiger partial charge on any atom is 0.193 e. The monoisotopic (exact) mass is 232 g/mol. The van der Waals surface area contributed by atoms with Crippen molar-refractivity contribution < 1.29 is 0 Å². The summed E-state index contributed by atoms with van der Waals surface area (Å²) in [5.74, 6) is 0. The van der Waals surface area contributed by atoms with E-state index < -0.39 is 0 Å². The smallest absolute Gasteiger partial charge is 0.193 e. The topological polar surface area (TPSA) is 43.1 Å². The fourth-order valence-corrected chi connectivity index (χ4v) is 1.47. The molecule has 0 atom stereocenters. The summed E-state index contributed by atoms with van der Waals surface area (Å²) >= 11 is 8.92. The lowest BCUT2D eigenvalue weighted by molar-refractivity contribution is 0.937. The summed E-state index contributed by atoms with van der Waals surface area (Å²) in [6, 6.07) is 0. The van der Waals surface area contributed by atoms with E-state index in [1.807, 2.05) is 0 Å². The van der Waals surface area contributed by atoms with Gasteiger partial charge in [0.05, 0.1) is 6.20 Å². The van der Waals surface area contributed by atoms with Gasteiger partial charge in [-0.25, -0.2) is 14.5 Å². The molecular weight excluding hydrogens is 231 g/mol. The third-order valence-electron chi connectivity index (χ3n) is 1.19. The zero-order valence-electron chi connectivity index (χ0n) is 5.20. The molecule has 0 amide bonds. The highest BCUT2D eigenvalue weighted by Gasteiger charge is 2.02. The second-order valence-electron chi connectivity index (χ2n) is 1.88. The van der Waals surface area contributed by atoms with Gasteiger partial charge in [0.25, 0.3) is 0 Å². The number of nitrogens with zero attached hydrogens (tertiary/aromatic N) is 4. The summed E-state index contributed by atoms with van der Waals surface area (Å²) in [4.78, 5) is 7.83. The van der Waals surface area contributed by atoms with Crippen molar-refractivity contribution in [2.75, 3.05) is 0 Å². The molecule has 0 bridgehead atoms. The molecule has 2 rings (SSSR count). The van der Waals surface area contributed by atoms with Crippen molar-refractivity contribution in [3.8, 4) is 0 Å². The van der Waals surface area contributed by atoms with Crippen LogP contribution in [-0.2, 0) is 0 Å². The van der Waals surface area contributed by atoms with E-state index in [4.69, 9.17) is 11.6 Å². The fraction of sp³-hybridized carbons (Fsp3) is 0. The van der Waals surface area contributed by atoms with Crippen LogP contribution < -0.4 is 0 Å². The van der Waals surface area contributed by atoms with Gasteiger partial charge in [-0.1, -0.05) is 11.6 Å². The van der Waals surface area contributed by atoms with Crippen LogP contribution in [0.25, 0.3) is 5.65 Å². The van der Waals surface area contributed by atoms with E-state index >= 15 is 0 Å². The zero-order valence-corrected chi connectivity index (χ0v) is 7.54. The summed E-state index contributed by atoms with van der Waals surface area (Å²) < 4.78 is 2.19. The van der Waals surface area contributed by atoms with Gasteiger partial charge >= 0.3 is 0 Å². The Morgan fingerprint density at radius 1 is 1.55 bits per heavy atom. The quantitative estimate of drug-likeness (QED) is 0.693. The molecule has 56 valence electrons. The first kappa shape index (κ1) is 7.00. The average Bonchev–Trinajstić information content (AvgIpc) is 2.34. The zero-order chi connectivity index (χ0) is 7.84. The van der Waals surface area contributed by atoms with Crippen molar-refractivity contribution in [1.82, 2.24) is 19.6 Å². The Balaban J connectivity index is 2.91. The molecular formula is C5H2BrClN4. The molecule has 2 aromatic rings. The van der Waals surface area contributed by atoms with Crippen LogP contribution in [0, 0.1) is 0 Å². The first-order valence-electron chi connectivity index (χ1n) is 2.79. The van der Waals surface area contributed by atoms with Gasteiger partial charge in [0.2, 0.25) is 0 Å². The molecule has 0 aromatic carbocycles. The molecule has 0 fully saturated rings. The Morgan fingerprint density at radius 3 is 3.18 bits per heavy atom. The molecule has 11 heavy (non-hydrogen) atoms. The molecule has 0 saturated carbocycles.